The molecule has 0 saturated carbocycles. The molecular formula is C16H17N3O5S. The average Bonchev–Trinajstić information content (AvgIpc) is 2.55. The third-order valence-corrected chi connectivity index (χ3v) is 4.79. The van der Waals surface area contributed by atoms with Crippen molar-refractivity contribution in [3.63, 3.8) is 0 Å². The van der Waals surface area contributed by atoms with Gasteiger partial charge in [-0.3, -0.25) is 24.6 Å². The summed E-state index contributed by atoms with van der Waals surface area (Å²) in [6.07, 6.45) is 3.23. The van der Waals surface area contributed by atoms with E-state index >= 15 is 0 Å². The number of hydrogen-bond acceptors (Lipinski definition) is 6. The quantitative estimate of drug-likeness (QED) is 0.594. The summed E-state index contributed by atoms with van der Waals surface area (Å²) < 4.78 is 26.2. The Bertz CT molecular complexity index is 851. The third kappa shape index (κ3) is 5.64. The molecule has 1 aromatic carbocycles. The number of aromatic nitrogens is 1. The molecule has 1 atom stereocenters. The first kappa shape index (κ1) is 18.5. The smallest absolute Gasteiger partial charge is 0.269 e. The molecule has 9 heteroatoms. The number of non-ortho nitro benzene ring substituents is 1. The molecule has 0 aliphatic heterocycles. The number of sulfonamides is 1. The molecule has 0 bridgehead atoms. The lowest BCUT2D eigenvalue weighted by Gasteiger charge is -2.12. The second-order valence-electron chi connectivity index (χ2n) is 5.59. The van der Waals surface area contributed by atoms with Gasteiger partial charge in [0.05, 0.1) is 10.7 Å². The molecule has 0 radical (unpaired) electrons. The number of carbonyl (C=O) groups excluding carboxylic acids is 1. The highest BCUT2D eigenvalue weighted by molar-refractivity contribution is 7.89. The maximum Gasteiger partial charge on any atom is 0.269 e. The Labute approximate surface area is 145 Å². The van der Waals surface area contributed by atoms with Gasteiger partial charge in [0.1, 0.15) is 0 Å². The van der Waals surface area contributed by atoms with Crippen LogP contribution in [0.3, 0.4) is 0 Å². The van der Waals surface area contributed by atoms with Crippen molar-refractivity contribution in [3.05, 3.63) is 70.0 Å². The number of pyridine rings is 1. The predicted molar refractivity (Wildman–Crippen MR) is 91.1 cm³/mol. The number of carbonyl (C=O) groups is 1. The van der Waals surface area contributed by atoms with Gasteiger partial charge in [-0.1, -0.05) is 19.1 Å². The van der Waals surface area contributed by atoms with E-state index < -0.39 is 26.6 Å². The summed E-state index contributed by atoms with van der Waals surface area (Å²) in [5.74, 6) is -1.19. The number of benzene rings is 1. The number of rotatable bonds is 7. The van der Waals surface area contributed by atoms with Crippen molar-refractivity contribution in [1.82, 2.24) is 9.71 Å². The number of nitro benzene ring substituents is 1. The maximum atomic E-state index is 12.1. The Balaban J connectivity index is 1.95. The highest BCUT2D eigenvalue weighted by Crippen LogP contribution is 2.18. The Hall–Kier alpha value is -2.81. The molecule has 8 nitrogen and oxygen atoms in total. The van der Waals surface area contributed by atoms with Crippen LogP contribution >= 0.6 is 0 Å². The van der Waals surface area contributed by atoms with E-state index in [0.717, 1.165) is 5.56 Å². The van der Waals surface area contributed by atoms with E-state index in [4.69, 9.17) is 0 Å². The molecule has 0 fully saturated rings. The van der Waals surface area contributed by atoms with Crippen LogP contribution in [0.15, 0.2) is 48.8 Å². The molecule has 132 valence electrons. The largest absolute Gasteiger partial charge is 0.274 e. The number of amides is 1. The summed E-state index contributed by atoms with van der Waals surface area (Å²) in [6.45, 7) is 1.82. The first-order valence-electron chi connectivity index (χ1n) is 7.43. The van der Waals surface area contributed by atoms with E-state index in [1.54, 1.807) is 24.5 Å². The van der Waals surface area contributed by atoms with E-state index in [1.807, 2.05) is 11.6 Å². The maximum absolute atomic E-state index is 12.1. The topological polar surface area (TPSA) is 119 Å². The zero-order valence-corrected chi connectivity index (χ0v) is 14.3. The van der Waals surface area contributed by atoms with Gasteiger partial charge in [0.15, 0.2) is 0 Å². The summed E-state index contributed by atoms with van der Waals surface area (Å²) >= 11 is 0. The second kappa shape index (κ2) is 7.84. The van der Waals surface area contributed by atoms with Gasteiger partial charge >= 0.3 is 0 Å². The van der Waals surface area contributed by atoms with E-state index in [2.05, 4.69) is 4.98 Å². The Kier molecular flexibility index (Phi) is 5.81. The van der Waals surface area contributed by atoms with E-state index in [0.29, 0.717) is 5.56 Å². The minimum absolute atomic E-state index is 0.0174. The zero-order valence-electron chi connectivity index (χ0n) is 13.5. The Morgan fingerprint density at radius 2 is 1.80 bits per heavy atom. The monoisotopic (exact) mass is 363 g/mol. The predicted octanol–water partition coefficient (Wildman–Crippen LogP) is 2.13. The van der Waals surface area contributed by atoms with Crippen molar-refractivity contribution in [2.24, 2.45) is 0 Å². The van der Waals surface area contributed by atoms with Gasteiger partial charge in [-0.15, -0.1) is 0 Å². The van der Waals surface area contributed by atoms with Crippen molar-refractivity contribution in [1.29, 1.82) is 0 Å². The van der Waals surface area contributed by atoms with Crippen LogP contribution in [0.5, 0.6) is 0 Å². The fourth-order valence-corrected chi connectivity index (χ4v) is 3.41. The van der Waals surface area contributed by atoms with Crippen molar-refractivity contribution < 1.29 is 18.1 Å². The minimum Gasteiger partial charge on any atom is -0.274 e. The average molecular weight is 363 g/mol. The highest BCUT2D eigenvalue weighted by atomic mass is 32.2. The summed E-state index contributed by atoms with van der Waals surface area (Å²) in [6, 6.07) is 8.67. The van der Waals surface area contributed by atoms with Crippen LogP contribution in [0.4, 0.5) is 5.69 Å². The molecule has 0 aliphatic carbocycles. The van der Waals surface area contributed by atoms with Gasteiger partial charge in [-0.05, 0) is 29.2 Å². The molecule has 1 aromatic heterocycles. The second-order valence-corrected chi connectivity index (χ2v) is 7.32. The van der Waals surface area contributed by atoms with Crippen LogP contribution in [0.25, 0.3) is 0 Å². The molecule has 0 unspecified atom stereocenters. The van der Waals surface area contributed by atoms with Gasteiger partial charge in [0, 0.05) is 30.9 Å². The van der Waals surface area contributed by atoms with E-state index in [9.17, 15) is 23.3 Å². The Morgan fingerprint density at radius 3 is 2.36 bits per heavy atom. The number of nitrogens with zero attached hydrogens (tertiary/aromatic N) is 2. The molecule has 0 saturated heterocycles. The van der Waals surface area contributed by atoms with Crippen LogP contribution in [-0.4, -0.2) is 24.2 Å². The molecule has 1 heterocycles. The van der Waals surface area contributed by atoms with Gasteiger partial charge in [0.2, 0.25) is 15.9 Å². The van der Waals surface area contributed by atoms with Crippen molar-refractivity contribution in [2.45, 2.75) is 25.0 Å². The first-order chi connectivity index (χ1) is 11.8. The normalized spacial score (nSPS) is 12.4. The lowest BCUT2D eigenvalue weighted by atomic mass is 9.99. The molecule has 0 spiro atoms. The molecule has 25 heavy (non-hydrogen) atoms. The van der Waals surface area contributed by atoms with Crippen LogP contribution in [0, 0.1) is 10.1 Å². The summed E-state index contributed by atoms with van der Waals surface area (Å²) in [7, 11) is -3.88. The molecular weight excluding hydrogens is 346 g/mol. The minimum atomic E-state index is -3.88. The molecule has 0 aliphatic rings. The van der Waals surface area contributed by atoms with Crippen molar-refractivity contribution >= 4 is 21.6 Å². The molecule has 1 amide bonds. The fraction of sp³-hybridized carbons (Fsp3) is 0.250. The van der Waals surface area contributed by atoms with Crippen LogP contribution in [0.2, 0.25) is 0 Å². The zero-order chi connectivity index (χ0) is 18.4. The van der Waals surface area contributed by atoms with Gasteiger partial charge in [-0.25, -0.2) is 8.42 Å². The van der Waals surface area contributed by atoms with Crippen LogP contribution in [-0.2, 0) is 20.6 Å². The van der Waals surface area contributed by atoms with Crippen molar-refractivity contribution in [2.75, 3.05) is 0 Å². The molecule has 2 aromatic rings. The lowest BCUT2D eigenvalue weighted by Crippen LogP contribution is -2.32. The summed E-state index contributed by atoms with van der Waals surface area (Å²) in [5.41, 5.74) is 1.11. The first-order valence-corrected chi connectivity index (χ1v) is 9.08. The third-order valence-electron chi connectivity index (χ3n) is 3.54. The fourth-order valence-electron chi connectivity index (χ4n) is 2.27. The van der Waals surface area contributed by atoms with Gasteiger partial charge < -0.3 is 0 Å². The van der Waals surface area contributed by atoms with Crippen LogP contribution in [0.1, 0.15) is 30.4 Å². The van der Waals surface area contributed by atoms with Crippen LogP contribution < -0.4 is 4.72 Å². The van der Waals surface area contributed by atoms with Gasteiger partial charge in [0.25, 0.3) is 5.69 Å². The van der Waals surface area contributed by atoms with E-state index in [1.165, 1.54) is 24.3 Å². The number of nitrogens with one attached hydrogen (secondary N) is 1. The summed E-state index contributed by atoms with van der Waals surface area (Å²) in [4.78, 5) is 25.9. The van der Waals surface area contributed by atoms with Crippen molar-refractivity contribution in [3.8, 4) is 0 Å². The highest BCUT2D eigenvalue weighted by Gasteiger charge is 2.18. The summed E-state index contributed by atoms with van der Waals surface area (Å²) in [5, 5.41) is 10.6. The number of nitro groups is 1. The number of hydrogen-bond donors (Lipinski definition) is 1. The molecule has 2 rings (SSSR count). The lowest BCUT2D eigenvalue weighted by molar-refractivity contribution is -0.384. The molecule has 1 N–H and O–H groups in total. The standard InChI is InChI=1S/C16H17N3O5S/c1-12(14-6-8-17-9-7-14)10-16(20)18-25(23,24)11-13-2-4-15(5-3-13)19(21)22/h2-9,12H,10-11H2,1H3,(H,18,20)/t12-/m1/s1. The van der Waals surface area contributed by atoms with E-state index in [-0.39, 0.29) is 18.0 Å². The van der Waals surface area contributed by atoms with Gasteiger partial charge in [-0.2, -0.15) is 0 Å². The Morgan fingerprint density at radius 1 is 1.20 bits per heavy atom. The SMILES string of the molecule is C[C@H](CC(=O)NS(=O)(=O)Cc1ccc([N+](=O)[O-])cc1)c1ccncc1.